The topological polar surface area (TPSA) is 75.1 Å². The zero-order chi connectivity index (χ0) is 13.3. The quantitative estimate of drug-likeness (QED) is 0.879. The molecule has 0 bridgehead atoms. The summed E-state index contributed by atoms with van der Waals surface area (Å²) in [6, 6.07) is 7.70. The average molecular weight is 257 g/mol. The smallest absolute Gasteiger partial charge is 0.311 e. The highest BCUT2D eigenvalue weighted by Gasteiger charge is 2.44. The van der Waals surface area contributed by atoms with Crippen molar-refractivity contribution in [1.29, 1.82) is 0 Å². The maximum Gasteiger partial charge on any atom is 0.311 e. The number of hydrogen-bond acceptors (Lipinski definition) is 4. The zero-order valence-corrected chi connectivity index (χ0v) is 10.5. The van der Waals surface area contributed by atoms with E-state index in [1.54, 1.807) is 0 Å². The van der Waals surface area contributed by atoms with E-state index >= 15 is 0 Å². The lowest BCUT2D eigenvalue weighted by Gasteiger charge is -2.37. The monoisotopic (exact) mass is 257 g/mol. The van der Waals surface area contributed by atoms with Crippen LogP contribution in [0.1, 0.15) is 19.3 Å². The van der Waals surface area contributed by atoms with Gasteiger partial charge in [-0.1, -0.05) is 18.6 Å². The van der Waals surface area contributed by atoms with Crippen LogP contribution in [-0.4, -0.2) is 27.6 Å². The van der Waals surface area contributed by atoms with Gasteiger partial charge >= 0.3 is 5.97 Å². The molecule has 3 rings (SSSR count). The summed E-state index contributed by atoms with van der Waals surface area (Å²) in [4.78, 5) is 19.7. The van der Waals surface area contributed by atoms with Crippen LogP contribution in [0.25, 0.3) is 10.9 Å². The van der Waals surface area contributed by atoms with Crippen LogP contribution < -0.4 is 5.32 Å². The highest BCUT2D eigenvalue weighted by Crippen LogP contribution is 2.41. The number of carbonyl (C=O) groups is 1. The van der Waals surface area contributed by atoms with E-state index in [4.69, 9.17) is 0 Å². The Morgan fingerprint density at radius 2 is 2.11 bits per heavy atom. The van der Waals surface area contributed by atoms with Crippen molar-refractivity contribution in [1.82, 2.24) is 9.97 Å². The number of carboxylic acids is 1. The van der Waals surface area contributed by atoms with Crippen molar-refractivity contribution in [3.63, 3.8) is 0 Å². The molecule has 1 aliphatic rings. The fraction of sp³-hybridized carbons (Fsp3) is 0.357. The van der Waals surface area contributed by atoms with Crippen molar-refractivity contribution in [3.8, 4) is 0 Å². The van der Waals surface area contributed by atoms with Crippen LogP contribution in [-0.2, 0) is 4.79 Å². The van der Waals surface area contributed by atoms with Crippen molar-refractivity contribution in [2.75, 3.05) is 11.9 Å². The third-order valence-electron chi connectivity index (χ3n) is 3.90. The van der Waals surface area contributed by atoms with Gasteiger partial charge in [-0.05, 0) is 25.0 Å². The van der Waals surface area contributed by atoms with E-state index in [2.05, 4.69) is 15.3 Å². The summed E-state index contributed by atoms with van der Waals surface area (Å²) >= 11 is 0. The van der Waals surface area contributed by atoms with Crippen molar-refractivity contribution in [2.24, 2.45) is 5.41 Å². The van der Waals surface area contributed by atoms with Gasteiger partial charge in [0.05, 0.1) is 10.9 Å². The number of nitrogens with zero attached hydrogens (tertiary/aromatic N) is 2. The van der Waals surface area contributed by atoms with Crippen molar-refractivity contribution in [2.45, 2.75) is 19.3 Å². The lowest BCUT2D eigenvalue weighted by molar-refractivity contribution is -0.153. The summed E-state index contributed by atoms with van der Waals surface area (Å²) < 4.78 is 0. The molecule has 1 aromatic heterocycles. The van der Waals surface area contributed by atoms with E-state index in [1.807, 2.05) is 24.3 Å². The van der Waals surface area contributed by atoms with Crippen LogP contribution >= 0.6 is 0 Å². The fourth-order valence-electron chi connectivity index (χ4n) is 2.47. The van der Waals surface area contributed by atoms with Crippen molar-refractivity contribution < 1.29 is 9.90 Å². The van der Waals surface area contributed by atoms with Gasteiger partial charge in [-0.15, -0.1) is 0 Å². The maximum atomic E-state index is 11.3. The van der Waals surface area contributed by atoms with E-state index in [0.717, 1.165) is 30.2 Å². The Morgan fingerprint density at radius 1 is 1.32 bits per heavy atom. The maximum absolute atomic E-state index is 11.3. The van der Waals surface area contributed by atoms with Gasteiger partial charge in [0.15, 0.2) is 0 Å². The molecule has 1 aliphatic carbocycles. The Bertz CT molecular complexity index is 618. The normalized spacial score (nSPS) is 16.8. The lowest BCUT2D eigenvalue weighted by atomic mass is 9.69. The van der Waals surface area contributed by atoms with Gasteiger partial charge in [0.2, 0.25) is 0 Å². The molecule has 0 saturated heterocycles. The Kier molecular flexibility index (Phi) is 2.81. The largest absolute Gasteiger partial charge is 0.481 e. The number of rotatable bonds is 4. The molecule has 0 radical (unpaired) electrons. The predicted octanol–water partition coefficient (Wildman–Crippen LogP) is 2.30. The number of para-hydroxylation sites is 1. The molecule has 1 aromatic carbocycles. The van der Waals surface area contributed by atoms with Crippen LogP contribution in [0.2, 0.25) is 0 Å². The molecule has 2 N–H and O–H groups in total. The van der Waals surface area contributed by atoms with Crippen LogP contribution in [0.4, 0.5) is 5.82 Å². The molecule has 19 heavy (non-hydrogen) atoms. The van der Waals surface area contributed by atoms with Crippen LogP contribution in [0, 0.1) is 5.41 Å². The summed E-state index contributed by atoms with van der Waals surface area (Å²) in [6.07, 6.45) is 3.95. The van der Waals surface area contributed by atoms with Crippen LogP contribution in [0.15, 0.2) is 30.6 Å². The van der Waals surface area contributed by atoms with Crippen LogP contribution in [0.5, 0.6) is 0 Å². The SMILES string of the molecule is O=C(O)C1(CNc2ncnc3ccccc23)CCC1. The fourth-order valence-corrected chi connectivity index (χ4v) is 2.47. The molecule has 2 aromatic rings. The number of hydrogen-bond donors (Lipinski definition) is 2. The van der Waals surface area contributed by atoms with E-state index in [1.165, 1.54) is 6.33 Å². The van der Waals surface area contributed by atoms with Crippen molar-refractivity contribution in [3.05, 3.63) is 30.6 Å². The number of fused-ring (bicyclic) bond motifs is 1. The number of nitrogens with one attached hydrogen (secondary N) is 1. The molecular formula is C14H15N3O2. The highest BCUT2D eigenvalue weighted by molar-refractivity contribution is 5.89. The average Bonchev–Trinajstić information content (AvgIpc) is 2.37. The Hall–Kier alpha value is -2.17. The first-order chi connectivity index (χ1) is 9.21. The van der Waals surface area contributed by atoms with Gasteiger partial charge in [-0.3, -0.25) is 4.79 Å². The minimum absolute atomic E-state index is 0.420. The third-order valence-corrected chi connectivity index (χ3v) is 3.90. The second-order valence-electron chi connectivity index (χ2n) is 5.03. The molecule has 5 nitrogen and oxygen atoms in total. The molecule has 0 aliphatic heterocycles. The van der Waals surface area contributed by atoms with E-state index < -0.39 is 11.4 Å². The summed E-state index contributed by atoms with van der Waals surface area (Å²) in [5.41, 5.74) is 0.240. The summed E-state index contributed by atoms with van der Waals surface area (Å²) in [5, 5.41) is 13.4. The van der Waals surface area contributed by atoms with Gasteiger partial charge in [-0.2, -0.15) is 0 Å². The Morgan fingerprint density at radius 3 is 2.79 bits per heavy atom. The van der Waals surface area contributed by atoms with Gasteiger partial charge in [0.25, 0.3) is 0 Å². The van der Waals surface area contributed by atoms with Gasteiger partial charge < -0.3 is 10.4 Å². The first kappa shape index (κ1) is 11.9. The second-order valence-corrected chi connectivity index (χ2v) is 5.03. The number of carboxylic acid groups (broad SMARTS) is 1. The van der Waals surface area contributed by atoms with E-state index in [0.29, 0.717) is 12.4 Å². The van der Waals surface area contributed by atoms with Gasteiger partial charge in [0, 0.05) is 11.9 Å². The standard InChI is InChI=1S/C14H15N3O2/c18-13(19)14(6-3-7-14)8-15-12-10-4-1-2-5-11(10)16-9-17-12/h1-2,4-5,9H,3,6-8H2,(H,18,19)(H,15,16,17). The molecule has 0 amide bonds. The molecule has 5 heteroatoms. The molecular weight excluding hydrogens is 242 g/mol. The molecule has 1 saturated carbocycles. The molecule has 1 heterocycles. The molecule has 0 spiro atoms. The summed E-state index contributed by atoms with van der Waals surface area (Å²) in [6.45, 7) is 0.420. The van der Waals surface area contributed by atoms with Gasteiger partial charge in [0.1, 0.15) is 12.1 Å². The highest BCUT2D eigenvalue weighted by atomic mass is 16.4. The van der Waals surface area contributed by atoms with Crippen molar-refractivity contribution >= 4 is 22.7 Å². The zero-order valence-electron chi connectivity index (χ0n) is 10.5. The lowest BCUT2D eigenvalue weighted by Crippen LogP contribution is -2.43. The second kappa shape index (κ2) is 4.50. The number of aromatic nitrogens is 2. The molecule has 1 fully saturated rings. The number of aliphatic carboxylic acids is 1. The first-order valence-electron chi connectivity index (χ1n) is 6.38. The Balaban J connectivity index is 1.84. The molecule has 0 atom stereocenters. The van der Waals surface area contributed by atoms with Gasteiger partial charge in [-0.25, -0.2) is 9.97 Å². The number of anilines is 1. The molecule has 98 valence electrons. The minimum atomic E-state index is -0.718. The summed E-state index contributed by atoms with van der Waals surface area (Å²) in [7, 11) is 0. The predicted molar refractivity (Wildman–Crippen MR) is 71.9 cm³/mol. The summed E-state index contributed by atoms with van der Waals surface area (Å²) in [5.74, 6) is -0.0114. The Labute approximate surface area is 110 Å². The van der Waals surface area contributed by atoms with Crippen LogP contribution in [0.3, 0.4) is 0 Å². The first-order valence-corrected chi connectivity index (χ1v) is 6.38. The van der Waals surface area contributed by atoms with E-state index in [-0.39, 0.29) is 0 Å². The third kappa shape index (κ3) is 2.01. The molecule has 0 unspecified atom stereocenters. The minimum Gasteiger partial charge on any atom is -0.481 e. The van der Waals surface area contributed by atoms with E-state index in [9.17, 15) is 9.90 Å². The number of benzene rings is 1.